The monoisotopic (exact) mass is 407 g/mol. The lowest BCUT2D eigenvalue weighted by atomic mass is 9.95. The van der Waals surface area contributed by atoms with Crippen LogP contribution < -0.4 is 4.74 Å². The molecule has 2 unspecified atom stereocenters. The number of aromatic nitrogens is 2. The van der Waals surface area contributed by atoms with E-state index in [-0.39, 0.29) is 5.92 Å². The fraction of sp³-hybridized carbons (Fsp3) is 0.273. The number of sulfone groups is 1. The zero-order valence-corrected chi connectivity index (χ0v) is 16.8. The molecule has 2 atom stereocenters. The predicted molar refractivity (Wildman–Crippen MR) is 109 cm³/mol. The molecule has 2 aromatic heterocycles. The number of likely N-dealkylation sites (tertiary alicyclic amines) is 1. The van der Waals surface area contributed by atoms with Gasteiger partial charge < -0.3 is 4.74 Å². The number of fused-ring (bicyclic) bond motifs is 3. The molecule has 2 aliphatic rings. The summed E-state index contributed by atoms with van der Waals surface area (Å²) in [6, 6.07) is 15.2. The van der Waals surface area contributed by atoms with E-state index in [2.05, 4.69) is 14.9 Å². The maximum Gasteiger partial charge on any atom is 0.221 e. The Morgan fingerprint density at radius 3 is 2.72 bits per heavy atom. The highest BCUT2D eigenvalue weighted by Crippen LogP contribution is 2.46. The van der Waals surface area contributed by atoms with Crippen molar-refractivity contribution in [1.82, 2.24) is 14.9 Å². The maximum atomic E-state index is 13.2. The van der Waals surface area contributed by atoms with Gasteiger partial charge in [-0.1, -0.05) is 12.1 Å². The van der Waals surface area contributed by atoms with Gasteiger partial charge in [0.2, 0.25) is 5.88 Å². The van der Waals surface area contributed by atoms with Gasteiger partial charge in [-0.2, -0.15) is 0 Å². The zero-order valence-electron chi connectivity index (χ0n) is 16.0. The van der Waals surface area contributed by atoms with Crippen molar-refractivity contribution in [2.24, 2.45) is 0 Å². The molecule has 148 valence electrons. The van der Waals surface area contributed by atoms with Gasteiger partial charge in [-0.05, 0) is 47.5 Å². The van der Waals surface area contributed by atoms with Crippen molar-refractivity contribution < 1.29 is 13.2 Å². The minimum Gasteiger partial charge on any atom is -0.481 e. The van der Waals surface area contributed by atoms with Crippen LogP contribution in [0, 0.1) is 0 Å². The van der Waals surface area contributed by atoms with Gasteiger partial charge in [0, 0.05) is 43.5 Å². The van der Waals surface area contributed by atoms with E-state index in [0.29, 0.717) is 30.4 Å². The van der Waals surface area contributed by atoms with Crippen LogP contribution in [-0.2, 0) is 16.4 Å². The molecule has 0 bridgehead atoms. The predicted octanol–water partition coefficient (Wildman–Crippen LogP) is 2.91. The van der Waals surface area contributed by atoms with E-state index in [1.165, 1.54) is 0 Å². The van der Waals surface area contributed by atoms with Crippen molar-refractivity contribution in [2.75, 3.05) is 20.2 Å². The summed E-state index contributed by atoms with van der Waals surface area (Å²) in [7, 11) is -1.74. The average Bonchev–Trinajstić information content (AvgIpc) is 3.26. The third-order valence-electron chi connectivity index (χ3n) is 5.84. The highest BCUT2D eigenvalue weighted by Gasteiger charge is 2.50. The Kier molecular flexibility index (Phi) is 4.37. The largest absolute Gasteiger partial charge is 0.481 e. The van der Waals surface area contributed by atoms with Crippen molar-refractivity contribution in [1.29, 1.82) is 0 Å². The van der Waals surface area contributed by atoms with Gasteiger partial charge >= 0.3 is 0 Å². The molecule has 1 aromatic carbocycles. The summed E-state index contributed by atoms with van der Waals surface area (Å²) in [6.45, 7) is 1.90. The lowest BCUT2D eigenvalue weighted by Crippen LogP contribution is -2.26. The second kappa shape index (κ2) is 6.93. The molecule has 0 aliphatic carbocycles. The molecule has 0 radical (unpaired) electrons. The Hall–Kier alpha value is -2.77. The molecular weight excluding hydrogens is 386 g/mol. The molecule has 2 aliphatic heterocycles. The van der Waals surface area contributed by atoms with E-state index in [1.807, 2.05) is 42.5 Å². The number of benzene rings is 1. The van der Waals surface area contributed by atoms with Crippen molar-refractivity contribution in [2.45, 2.75) is 22.6 Å². The standard InChI is InChI=1S/C22H21N3O3S/c1-28-22-17(6-4-10-24-22)15-7-8-20-18(11-15)19-13-25(14-21(19)29(20,26)27)12-16-5-2-3-9-23-16/h2-11,19,21H,12-14H2,1H3. The van der Waals surface area contributed by atoms with Gasteiger partial charge in [-0.25, -0.2) is 13.4 Å². The Morgan fingerprint density at radius 1 is 1.07 bits per heavy atom. The van der Waals surface area contributed by atoms with Crippen molar-refractivity contribution >= 4 is 9.84 Å². The van der Waals surface area contributed by atoms with Crippen LogP contribution in [0.15, 0.2) is 65.8 Å². The molecule has 1 fully saturated rings. The number of methoxy groups -OCH3 is 1. The number of hydrogen-bond acceptors (Lipinski definition) is 6. The Bertz CT molecular complexity index is 1160. The van der Waals surface area contributed by atoms with Crippen LogP contribution in [-0.4, -0.2) is 48.7 Å². The molecule has 29 heavy (non-hydrogen) atoms. The highest BCUT2D eigenvalue weighted by molar-refractivity contribution is 7.92. The van der Waals surface area contributed by atoms with Gasteiger partial charge in [0.1, 0.15) is 0 Å². The third kappa shape index (κ3) is 3.01. The summed E-state index contributed by atoms with van der Waals surface area (Å²) in [5, 5.41) is -0.396. The molecular formula is C22H21N3O3S. The Morgan fingerprint density at radius 2 is 1.93 bits per heavy atom. The average molecular weight is 407 g/mol. The number of hydrogen-bond donors (Lipinski definition) is 0. The van der Waals surface area contributed by atoms with E-state index in [1.54, 1.807) is 25.6 Å². The quantitative estimate of drug-likeness (QED) is 0.662. The summed E-state index contributed by atoms with van der Waals surface area (Å²) in [5.41, 5.74) is 3.65. The van der Waals surface area contributed by atoms with Crippen LogP contribution in [0.2, 0.25) is 0 Å². The molecule has 0 saturated carbocycles. The first-order valence-corrected chi connectivity index (χ1v) is 11.1. The first-order chi connectivity index (χ1) is 14.1. The number of rotatable bonds is 4. The number of ether oxygens (including phenoxy) is 1. The van der Waals surface area contributed by atoms with E-state index in [9.17, 15) is 8.42 Å². The highest BCUT2D eigenvalue weighted by atomic mass is 32.2. The van der Waals surface area contributed by atoms with Gasteiger partial charge in [0.05, 0.1) is 22.9 Å². The van der Waals surface area contributed by atoms with Crippen LogP contribution >= 0.6 is 0 Å². The van der Waals surface area contributed by atoms with Crippen LogP contribution in [0.3, 0.4) is 0 Å². The topological polar surface area (TPSA) is 72.4 Å². The van der Waals surface area contributed by atoms with Crippen molar-refractivity contribution in [3.8, 4) is 17.0 Å². The van der Waals surface area contributed by atoms with Gasteiger partial charge in [0.15, 0.2) is 9.84 Å². The van der Waals surface area contributed by atoms with E-state index >= 15 is 0 Å². The summed E-state index contributed by atoms with van der Waals surface area (Å²) in [6.07, 6.45) is 3.45. The zero-order chi connectivity index (χ0) is 20.0. The molecule has 5 rings (SSSR count). The van der Waals surface area contributed by atoms with E-state index in [4.69, 9.17) is 4.74 Å². The van der Waals surface area contributed by atoms with Crippen LogP contribution in [0.5, 0.6) is 5.88 Å². The third-order valence-corrected chi connectivity index (χ3v) is 8.10. The Balaban J connectivity index is 1.50. The van der Waals surface area contributed by atoms with Crippen molar-refractivity contribution in [3.63, 3.8) is 0 Å². The molecule has 0 amide bonds. The molecule has 3 aromatic rings. The number of nitrogens with zero attached hydrogens (tertiary/aromatic N) is 3. The minimum absolute atomic E-state index is 0.0265. The van der Waals surface area contributed by atoms with Crippen LogP contribution in [0.1, 0.15) is 17.2 Å². The van der Waals surface area contributed by atoms with Gasteiger partial charge in [-0.15, -0.1) is 0 Å². The van der Waals surface area contributed by atoms with Crippen LogP contribution in [0.4, 0.5) is 0 Å². The van der Waals surface area contributed by atoms with Crippen LogP contribution in [0.25, 0.3) is 11.1 Å². The fourth-order valence-corrected chi connectivity index (χ4v) is 6.71. The first kappa shape index (κ1) is 18.3. The lowest BCUT2D eigenvalue weighted by molar-refractivity contribution is 0.321. The lowest BCUT2D eigenvalue weighted by Gasteiger charge is -2.17. The van der Waals surface area contributed by atoms with E-state index in [0.717, 1.165) is 22.4 Å². The van der Waals surface area contributed by atoms with Gasteiger partial charge in [-0.3, -0.25) is 9.88 Å². The summed E-state index contributed by atoms with van der Waals surface area (Å²) >= 11 is 0. The number of pyridine rings is 2. The van der Waals surface area contributed by atoms with Crippen molar-refractivity contribution in [3.05, 3.63) is 72.2 Å². The fourth-order valence-electron chi connectivity index (χ4n) is 4.52. The second-order valence-electron chi connectivity index (χ2n) is 7.52. The van der Waals surface area contributed by atoms with Gasteiger partial charge in [0.25, 0.3) is 0 Å². The maximum absolute atomic E-state index is 13.2. The molecule has 1 saturated heterocycles. The molecule has 0 N–H and O–H groups in total. The summed E-state index contributed by atoms with van der Waals surface area (Å²) in [4.78, 5) is 11.3. The second-order valence-corrected chi connectivity index (χ2v) is 9.65. The van der Waals surface area contributed by atoms with E-state index < -0.39 is 15.1 Å². The molecule has 7 heteroatoms. The molecule has 4 heterocycles. The summed E-state index contributed by atoms with van der Waals surface area (Å²) < 4.78 is 31.7. The molecule has 6 nitrogen and oxygen atoms in total. The normalized spacial score (nSPS) is 22.2. The Labute approximate surface area is 170 Å². The minimum atomic E-state index is -3.33. The molecule has 0 spiro atoms. The first-order valence-electron chi connectivity index (χ1n) is 9.57. The smallest absolute Gasteiger partial charge is 0.221 e. The summed E-state index contributed by atoms with van der Waals surface area (Å²) in [5.74, 6) is 0.509. The SMILES string of the molecule is COc1ncccc1-c1ccc2c(c1)C1CN(Cc3ccccn3)CC1S2(=O)=O.